The molecule has 0 saturated heterocycles. The molecule has 0 aliphatic heterocycles. The van der Waals surface area contributed by atoms with E-state index < -0.39 is 6.10 Å². The number of aliphatic hydroxyl groups is 1. The predicted octanol–water partition coefficient (Wildman–Crippen LogP) is 2.28. The number of fused-ring (bicyclic) bond motifs is 1. The van der Waals surface area contributed by atoms with Crippen molar-refractivity contribution in [2.75, 3.05) is 6.61 Å². The number of rotatable bonds is 6. The van der Waals surface area contributed by atoms with Gasteiger partial charge in [-0.25, -0.2) is 4.98 Å². The molecule has 1 atom stereocenters. The third kappa shape index (κ3) is 3.88. The molecule has 3 aromatic rings. The van der Waals surface area contributed by atoms with Crippen LogP contribution in [0.15, 0.2) is 59.7 Å². The molecule has 5 nitrogen and oxygen atoms in total. The van der Waals surface area contributed by atoms with E-state index in [0.29, 0.717) is 17.5 Å². The zero-order chi connectivity index (χ0) is 16.9. The van der Waals surface area contributed by atoms with Crippen molar-refractivity contribution in [3.8, 4) is 0 Å². The van der Waals surface area contributed by atoms with E-state index in [1.54, 1.807) is 0 Å². The highest BCUT2D eigenvalue weighted by molar-refractivity contribution is 5.77. The molecule has 1 N–H and O–H groups in total. The highest BCUT2D eigenvalue weighted by Gasteiger charge is 2.10. The molecule has 0 radical (unpaired) electrons. The summed E-state index contributed by atoms with van der Waals surface area (Å²) < 4.78 is 6.94. The largest absolute Gasteiger partial charge is 0.389 e. The molecule has 124 valence electrons. The fourth-order valence-electron chi connectivity index (χ4n) is 2.57. The van der Waals surface area contributed by atoms with Crippen LogP contribution in [0.2, 0.25) is 0 Å². The van der Waals surface area contributed by atoms with Gasteiger partial charge in [0.2, 0.25) is 0 Å². The lowest BCUT2D eigenvalue weighted by Crippen LogP contribution is -2.29. The summed E-state index contributed by atoms with van der Waals surface area (Å²) in [6.45, 7) is 2.68. The smallest absolute Gasteiger partial charge is 0.261 e. The average Bonchev–Trinajstić information content (AvgIpc) is 2.59. The number of aliphatic hydroxyl groups excluding tert-OH is 1. The monoisotopic (exact) mass is 324 g/mol. The zero-order valence-electron chi connectivity index (χ0n) is 13.6. The number of hydrogen-bond donors (Lipinski definition) is 1. The van der Waals surface area contributed by atoms with Crippen molar-refractivity contribution in [1.82, 2.24) is 9.55 Å². The number of hydrogen-bond acceptors (Lipinski definition) is 4. The first-order chi connectivity index (χ1) is 11.6. The molecule has 0 aliphatic carbocycles. The van der Waals surface area contributed by atoms with Crippen molar-refractivity contribution in [3.63, 3.8) is 0 Å². The molecular formula is C19H20N2O3. The summed E-state index contributed by atoms with van der Waals surface area (Å²) in [5.74, 6) is 0. The lowest BCUT2D eigenvalue weighted by atomic mass is 10.2. The van der Waals surface area contributed by atoms with Gasteiger partial charge < -0.3 is 9.84 Å². The van der Waals surface area contributed by atoms with E-state index in [1.807, 2.05) is 55.5 Å². The highest BCUT2D eigenvalue weighted by atomic mass is 16.5. The Labute approximate surface area is 140 Å². The van der Waals surface area contributed by atoms with Crippen LogP contribution in [0.25, 0.3) is 10.9 Å². The van der Waals surface area contributed by atoms with Gasteiger partial charge in [-0.2, -0.15) is 0 Å². The molecule has 0 saturated carbocycles. The van der Waals surface area contributed by atoms with Gasteiger partial charge in [0.25, 0.3) is 5.56 Å². The van der Waals surface area contributed by atoms with Gasteiger partial charge in [-0.15, -0.1) is 0 Å². The van der Waals surface area contributed by atoms with Crippen LogP contribution in [0.5, 0.6) is 0 Å². The lowest BCUT2D eigenvalue weighted by Gasteiger charge is -2.13. The summed E-state index contributed by atoms with van der Waals surface area (Å²) in [6.07, 6.45) is 0.705. The molecule has 1 aromatic heterocycles. The van der Waals surface area contributed by atoms with E-state index in [2.05, 4.69) is 4.98 Å². The van der Waals surface area contributed by atoms with E-state index in [9.17, 15) is 9.90 Å². The van der Waals surface area contributed by atoms with Gasteiger partial charge in [0.15, 0.2) is 0 Å². The molecule has 0 spiro atoms. The Bertz CT molecular complexity index is 875. The van der Waals surface area contributed by atoms with Crippen LogP contribution in [-0.4, -0.2) is 27.4 Å². The Hall–Kier alpha value is -2.50. The fourth-order valence-corrected chi connectivity index (χ4v) is 2.57. The number of ether oxygens (including phenoxy) is 1. The normalized spacial score (nSPS) is 12.4. The maximum Gasteiger partial charge on any atom is 0.261 e. The van der Waals surface area contributed by atoms with E-state index >= 15 is 0 Å². The predicted molar refractivity (Wildman–Crippen MR) is 92.8 cm³/mol. The maximum atomic E-state index is 12.5. The standard InChI is InChI=1S/C19H20N2O3/c1-14-7-8-18-17(9-14)19(23)21(13-20-18)10-16(22)12-24-11-15-5-3-2-4-6-15/h2-9,13,16,22H,10-12H2,1H3/t16-/m1/s1. The van der Waals surface area contributed by atoms with Gasteiger partial charge in [-0.1, -0.05) is 42.0 Å². The molecule has 0 amide bonds. The summed E-state index contributed by atoms with van der Waals surface area (Å²) in [5, 5.41) is 10.7. The summed E-state index contributed by atoms with van der Waals surface area (Å²) in [4.78, 5) is 16.8. The summed E-state index contributed by atoms with van der Waals surface area (Å²) in [7, 11) is 0. The topological polar surface area (TPSA) is 64.3 Å². The summed E-state index contributed by atoms with van der Waals surface area (Å²) in [5.41, 5.74) is 2.57. The molecule has 0 bridgehead atoms. The molecular weight excluding hydrogens is 304 g/mol. The van der Waals surface area contributed by atoms with E-state index in [-0.39, 0.29) is 18.7 Å². The van der Waals surface area contributed by atoms with E-state index in [1.165, 1.54) is 10.9 Å². The SMILES string of the molecule is Cc1ccc2ncn(C[C@@H](O)COCc3ccccc3)c(=O)c2c1. The van der Waals surface area contributed by atoms with Crippen LogP contribution in [0.1, 0.15) is 11.1 Å². The van der Waals surface area contributed by atoms with Crippen molar-refractivity contribution in [2.24, 2.45) is 0 Å². The molecule has 1 heterocycles. The Morgan fingerprint density at radius 3 is 2.79 bits per heavy atom. The number of benzene rings is 2. The van der Waals surface area contributed by atoms with E-state index in [4.69, 9.17) is 4.74 Å². The summed E-state index contributed by atoms with van der Waals surface area (Å²) in [6, 6.07) is 15.3. The van der Waals surface area contributed by atoms with Crippen molar-refractivity contribution >= 4 is 10.9 Å². The third-order valence-electron chi connectivity index (χ3n) is 3.81. The lowest BCUT2D eigenvalue weighted by molar-refractivity contribution is 0.0198. The Balaban J connectivity index is 1.64. The van der Waals surface area contributed by atoms with Crippen molar-refractivity contribution < 1.29 is 9.84 Å². The Morgan fingerprint density at radius 1 is 1.21 bits per heavy atom. The van der Waals surface area contributed by atoms with Crippen LogP contribution in [0, 0.1) is 6.92 Å². The quantitative estimate of drug-likeness (QED) is 0.755. The second-order valence-corrected chi connectivity index (χ2v) is 5.88. The van der Waals surface area contributed by atoms with Gasteiger partial charge in [0.1, 0.15) is 0 Å². The third-order valence-corrected chi connectivity index (χ3v) is 3.81. The van der Waals surface area contributed by atoms with Gasteiger partial charge in [-0.05, 0) is 24.6 Å². The first-order valence-electron chi connectivity index (χ1n) is 7.89. The maximum absolute atomic E-state index is 12.5. The minimum Gasteiger partial charge on any atom is -0.389 e. The second kappa shape index (κ2) is 7.38. The van der Waals surface area contributed by atoms with Crippen molar-refractivity contribution in [1.29, 1.82) is 0 Å². The molecule has 5 heteroatoms. The Morgan fingerprint density at radius 2 is 2.00 bits per heavy atom. The first-order valence-corrected chi connectivity index (χ1v) is 7.89. The fraction of sp³-hybridized carbons (Fsp3) is 0.263. The van der Waals surface area contributed by atoms with Gasteiger partial charge >= 0.3 is 0 Å². The molecule has 2 aromatic carbocycles. The van der Waals surface area contributed by atoms with Crippen LogP contribution in [0.4, 0.5) is 0 Å². The zero-order valence-corrected chi connectivity index (χ0v) is 13.6. The molecule has 0 unspecified atom stereocenters. The summed E-state index contributed by atoms with van der Waals surface area (Å²) >= 11 is 0. The van der Waals surface area contributed by atoms with Crippen LogP contribution in [0.3, 0.4) is 0 Å². The number of nitrogens with zero attached hydrogens (tertiary/aromatic N) is 2. The van der Waals surface area contributed by atoms with E-state index in [0.717, 1.165) is 11.1 Å². The molecule has 0 aliphatic rings. The van der Waals surface area contributed by atoms with Crippen molar-refractivity contribution in [3.05, 3.63) is 76.3 Å². The minimum atomic E-state index is -0.768. The molecule has 0 fully saturated rings. The number of aromatic nitrogens is 2. The van der Waals surface area contributed by atoms with Crippen LogP contribution in [-0.2, 0) is 17.9 Å². The Kier molecular flexibility index (Phi) is 5.03. The number of aryl methyl sites for hydroxylation is 1. The van der Waals surface area contributed by atoms with Crippen LogP contribution >= 0.6 is 0 Å². The molecule has 3 rings (SSSR count). The second-order valence-electron chi connectivity index (χ2n) is 5.88. The first kappa shape index (κ1) is 16.4. The van der Waals surface area contributed by atoms with Gasteiger partial charge in [0, 0.05) is 0 Å². The van der Waals surface area contributed by atoms with Crippen molar-refractivity contribution in [2.45, 2.75) is 26.2 Å². The van der Waals surface area contributed by atoms with Crippen LogP contribution < -0.4 is 5.56 Å². The van der Waals surface area contributed by atoms with Gasteiger partial charge in [0.05, 0.1) is 43.1 Å². The minimum absolute atomic E-state index is 0.147. The average molecular weight is 324 g/mol. The van der Waals surface area contributed by atoms with Gasteiger partial charge in [-0.3, -0.25) is 9.36 Å². The molecule has 24 heavy (non-hydrogen) atoms. The highest BCUT2D eigenvalue weighted by Crippen LogP contribution is 2.09.